The zero-order valence-corrected chi connectivity index (χ0v) is 39.4. The van der Waals surface area contributed by atoms with Gasteiger partial charge in [-0.25, -0.2) is 4.79 Å². The number of fused-ring (bicyclic) bond motifs is 2. The van der Waals surface area contributed by atoms with Crippen LogP contribution >= 0.6 is 0 Å². The molecule has 0 spiro atoms. The lowest BCUT2D eigenvalue weighted by Crippen LogP contribution is -2.62. The molecule has 1 aliphatic heterocycles. The molecular formula is C53H62N8O8. The number of hydrogen-bond acceptors (Lipinski definition) is 8. The number of para-hydroxylation sites is 2. The molecule has 0 saturated carbocycles. The number of carboxylic acids is 1. The number of amides is 5. The third-order valence-corrected chi connectivity index (χ3v) is 12.4. The van der Waals surface area contributed by atoms with Gasteiger partial charge in [0, 0.05) is 60.0 Å². The molecule has 0 aliphatic carbocycles. The highest BCUT2D eigenvalue weighted by Crippen LogP contribution is 2.23. The van der Waals surface area contributed by atoms with Crippen molar-refractivity contribution in [3.63, 3.8) is 0 Å². The number of nitrogens with zero attached hydrogens (tertiary/aromatic N) is 1. The summed E-state index contributed by atoms with van der Waals surface area (Å²) in [6.07, 6.45) is 3.65. The van der Waals surface area contributed by atoms with Crippen molar-refractivity contribution in [2.45, 2.75) is 114 Å². The van der Waals surface area contributed by atoms with Crippen LogP contribution in [0.3, 0.4) is 0 Å². The second-order valence-electron chi connectivity index (χ2n) is 18.7. The summed E-state index contributed by atoms with van der Waals surface area (Å²) in [5.74, 6) is -4.43. The van der Waals surface area contributed by atoms with Gasteiger partial charge in [-0.15, -0.1) is 0 Å². The first-order valence-corrected chi connectivity index (χ1v) is 23.4. The van der Waals surface area contributed by atoms with E-state index in [1.165, 1.54) is 4.90 Å². The standard InChI is InChI=1S/C53H62N8O8/c1-32(69-53(2,3)4)46(50(65)59-44(27-34-18-9-6-10-19-34)51(66)61-25-15-24-45(61)52(67)68)60-49(64)42(26-33-16-7-5-8-17-33)58-48(63)43(29-36-31-56-41-23-14-12-21-38(36)41)57-47(62)39(54)28-35-30-55-40-22-13-11-20-37(35)40/h5-14,16-23,30-32,39,42-46,55-56H,15,24-29,54H2,1-4H3,(H,57,62)(H,58,63)(H,59,65)(H,60,64)(H,67,68)/t32-,39+,42+,43-,44+,45+,46+/m1/s1. The fourth-order valence-electron chi connectivity index (χ4n) is 9.04. The summed E-state index contributed by atoms with van der Waals surface area (Å²) < 4.78 is 6.27. The molecule has 0 unspecified atom stereocenters. The Bertz CT molecular complexity index is 2750. The van der Waals surface area contributed by atoms with E-state index in [4.69, 9.17) is 10.5 Å². The van der Waals surface area contributed by atoms with E-state index in [2.05, 4.69) is 31.2 Å². The molecule has 9 N–H and O–H groups in total. The highest BCUT2D eigenvalue weighted by molar-refractivity contribution is 5.97. The lowest BCUT2D eigenvalue weighted by molar-refractivity contribution is -0.150. The number of ether oxygens (including phenoxy) is 1. The van der Waals surface area contributed by atoms with E-state index >= 15 is 0 Å². The van der Waals surface area contributed by atoms with E-state index in [1.807, 2.05) is 66.9 Å². The summed E-state index contributed by atoms with van der Waals surface area (Å²) in [7, 11) is 0. The normalized spacial score (nSPS) is 16.5. The van der Waals surface area contributed by atoms with Gasteiger partial charge < -0.3 is 51.7 Å². The van der Waals surface area contributed by atoms with Crippen LogP contribution in [0, 0.1) is 0 Å². The number of likely N-dealkylation sites (tertiary alicyclic amines) is 1. The minimum absolute atomic E-state index is 0.00422. The van der Waals surface area contributed by atoms with Crippen LogP contribution in [-0.2, 0) is 59.2 Å². The summed E-state index contributed by atoms with van der Waals surface area (Å²) in [5.41, 5.74) is 10.5. The number of benzene rings is 4. The number of H-pyrrole nitrogens is 2. The van der Waals surface area contributed by atoms with Gasteiger partial charge in [0.25, 0.3) is 0 Å². The molecular weight excluding hydrogens is 877 g/mol. The number of hydrogen-bond donors (Lipinski definition) is 8. The third-order valence-electron chi connectivity index (χ3n) is 12.4. The van der Waals surface area contributed by atoms with Gasteiger partial charge in [0.2, 0.25) is 29.5 Å². The van der Waals surface area contributed by atoms with E-state index < -0.39 is 83.5 Å². The Hall–Kier alpha value is -7.30. The van der Waals surface area contributed by atoms with Crippen molar-refractivity contribution in [1.82, 2.24) is 36.1 Å². The molecule has 3 heterocycles. The molecule has 6 aromatic rings. The lowest BCUT2D eigenvalue weighted by atomic mass is 10.00. The predicted octanol–water partition coefficient (Wildman–Crippen LogP) is 4.47. The molecule has 0 radical (unpaired) electrons. The first-order valence-electron chi connectivity index (χ1n) is 23.4. The summed E-state index contributed by atoms with van der Waals surface area (Å²) in [5, 5.41) is 23.2. The molecule has 1 fully saturated rings. The Morgan fingerprint density at radius 1 is 0.652 bits per heavy atom. The van der Waals surface area contributed by atoms with Crippen LogP contribution < -0.4 is 27.0 Å². The second-order valence-corrected chi connectivity index (χ2v) is 18.7. The van der Waals surface area contributed by atoms with Gasteiger partial charge in [-0.3, -0.25) is 24.0 Å². The molecule has 0 bridgehead atoms. The quantitative estimate of drug-likeness (QED) is 0.0538. The van der Waals surface area contributed by atoms with Gasteiger partial charge in [-0.05, 0) is 81.3 Å². The van der Waals surface area contributed by atoms with Gasteiger partial charge in [-0.1, -0.05) is 97.1 Å². The van der Waals surface area contributed by atoms with Crippen molar-refractivity contribution in [2.24, 2.45) is 5.73 Å². The van der Waals surface area contributed by atoms with Crippen LogP contribution in [0.25, 0.3) is 21.8 Å². The number of nitrogens with two attached hydrogens (primary N) is 1. The minimum Gasteiger partial charge on any atom is -0.480 e. The average molecular weight is 939 g/mol. The summed E-state index contributed by atoms with van der Waals surface area (Å²) >= 11 is 0. The van der Waals surface area contributed by atoms with Crippen molar-refractivity contribution in [1.29, 1.82) is 0 Å². The number of rotatable bonds is 20. The smallest absolute Gasteiger partial charge is 0.326 e. The molecule has 16 heteroatoms. The molecule has 4 aromatic carbocycles. The van der Waals surface area contributed by atoms with Gasteiger partial charge in [-0.2, -0.15) is 0 Å². The molecule has 1 saturated heterocycles. The number of nitrogens with one attached hydrogen (secondary N) is 6. The van der Waals surface area contributed by atoms with E-state index in [0.29, 0.717) is 12.0 Å². The number of carbonyl (C=O) groups excluding carboxylic acids is 5. The molecule has 7 atom stereocenters. The maximum Gasteiger partial charge on any atom is 0.326 e. The van der Waals surface area contributed by atoms with Crippen LogP contribution in [0.5, 0.6) is 0 Å². The molecule has 69 heavy (non-hydrogen) atoms. The van der Waals surface area contributed by atoms with Crippen LogP contribution in [0.2, 0.25) is 0 Å². The predicted molar refractivity (Wildman–Crippen MR) is 263 cm³/mol. The molecule has 362 valence electrons. The van der Waals surface area contributed by atoms with E-state index in [1.54, 1.807) is 82.4 Å². The van der Waals surface area contributed by atoms with Gasteiger partial charge in [0.05, 0.1) is 17.7 Å². The van der Waals surface area contributed by atoms with Crippen LogP contribution in [0.4, 0.5) is 0 Å². The van der Waals surface area contributed by atoms with E-state index in [0.717, 1.165) is 38.5 Å². The highest BCUT2D eigenvalue weighted by atomic mass is 16.5. The maximum atomic E-state index is 14.8. The Balaban J connectivity index is 1.17. The van der Waals surface area contributed by atoms with Crippen LogP contribution in [0.15, 0.2) is 122 Å². The van der Waals surface area contributed by atoms with E-state index in [-0.39, 0.29) is 38.6 Å². The number of carboxylic acid groups (broad SMARTS) is 1. The second kappa shape index (κ2) is 22.2. The first kappa shape index (κ1) is 49.6. The molecule has 2 aromatic heterocycles. The monoisotopic (exact) mass is 938 g/mol. The molecule has 5 amide bonds. The van der Waals surface area contributed by atoms with Crippen LogP contribution in [0.1, 0.15) is 62.8 Å². The Morgan fingerprint density at radius 3 is 1.70 bits per heavy atom. The fraction of sp³-hybridized carbons (Fsp3) is 0.358. The fourth-order valence-corrected chi connectivity index (χ4v) is 9.04. The van der Waals surface area contributed by atoms with E-state index in [9.17, 15) is 33.9 Å². The number of aliphatic carboxylic acids is 1. The maximum absolute atomic E-state index is 14.8. The highest BCUT2D eigenvalue weighted by Gasteiger charge is 2.40. The Kier molecular flexibility index (Phi) is 16.0. The number of aromatic amines is 2. The molecule has 16 nitrogen and oxygen atoms in total. The SMILES string of the molecule is C[C@@H](OC(C)(C)C)[C@H](NC(=O)[C@H](Cc1ccccc1)NC(=O)[C@@H](Cc1c[nH]c2ccccc12)NC(=O)[C@@H](N)Cc1c[nH]c2ccccc12)C(=O)N[C@@H](Cc1ccccc1)C(=O)N1CCC[C@H]1C(=O)O. The number of carbonyl (C=O) groups is 6. The summed E-state index contributed by atoms with van der Waals surface area (Å²) in [6, 6.07) is 26.1. The zero-order valence-electron chi connectivity index (χ0n) is 39.4. The van der Waals surface area contributed by atoms with Gasteiger partial charge >= 0.3 is 5.97 Å². The average Bonchev–Trinajstić information content (AvgIpc) is 4.09. The number of aromatic nitrogens is 2. The van der Waals surface area contributed by atoms with Crippen molar-refractivity contribution in [3.8, 4) is 0 Å². The zero-order chi connectivity index (χ0) is 49.2. The van der Waals surface area contributed by atoms with Crippen molar-refractivity contribution >= 4 is 57.3 Å². The Morgan fingerprint density at radius 2 is 1.13 bits per heavy atom. The van der Waals surface area contributed by atoms with Gasteiger partial charge in [0.1, 0.15) is 30.2 Å². The van der Waals surface area contributed by atoms with Crippen LogP contribution in [-0.4, -0.2) is 110 Å². The first-order chi connectivity index (χ1) is 33.0. The van der Waals surface area contributed by atoms with Gasteiger partial charge in [0.15, 0.2) is 0 Å². The minimum atomic E-state index is -1.41. The largest absolute Gasteiger partial charge is 0.480 e. The topological polar surface area (TPSA) is 241 Å². The summed E-state index contributed by atoms with van der Waals surface area (Å²) in [4.78, 5) is 92.3. The summed E-state index contributed by atoms with van der Waals surface area (Å²) in [6.45, 7) is 7.23. The molecule has 1 aliphatic rings. The third kappa shape index (κ3) is 12.8. The van der Waals surface area contributed by atoms with Crippen molar-refractivity contribution in [2.75, 3.05) is 6.54 Å². The Labute approximate surface area is 401 Å². The molecule has 7 rings (SSSR count). The lowest BCUT2D eigenvalue weighted by Gasteiger charge is -2.33. The van der Waals surface area contributed by atoms with Crippen molar-refractivity contribution in [3.05, 3.63) is 144 Å². The van der Waals surface area contributed by atoms with Crippen molar-refractivity contribution < 1.29 is 38.6 Å².